The highest BCUT2D eigenvalue weighted by molar-refractivity contribution is 5.56. The van der Waals surface area contributed by atoms with Crippen LogP contribution >= 0.6 is 0 Å². The van der Waals surface area contributed by atoms with Crippen molar-refractivity contribution in [3.8, 4) is 0 Å². The molecule has 2 heteroatoms. The first-order chi connectivity index (χ1) is 10.8. The van der Waals surface area contributed by atoms with Gasteiger partial charge in [-0.1, -0.05) is 32.9 Å². The zero-order chi connectivity index (χ0) is 16.2. The number of likely N-dealkylation sites (tertiary alicyclic amines) is 1. The number of rotatable bonds is 3. The molecule has 0 aromatic heterocycles. The summed E-state index contributed by atoms with van der Waals surface area (Å²) in [6.07, 6.45) is 6.57. The van der Waals surface area contributed by atoms with Gasteiger partial charge in [0.25, 0.3) is 0 Å². The van der Waals surface area contributed by atoms with Crippen molar-refractivity contribution in [1.29, 1.82) is 0 Å². The lowest BCUT2D eigenvalue weighted by molar-refractivity contribution is 0.120. The van der Waals surface area contributed by atoms with E-state index in [0.29, 0.717) is 16.9 Å². The Hall–Kier alpha value is -1.02. The van der Waals surface area contributed by atoms with E-state index in [4.69, 9.17) is 0 Å². The number of hydrogen-bond acceptors (Lipinski definition) is 2. The lowest BCUT2D eigenvalue weighted by Crippen LogP contribution is -2.40. The van der Waals surface area contributed by atoms with E-state index in [2.05, 4.69) is 56.1 Å². The van der Waals surface area contributed by atoms with Gasteiger partial charge in [0, 0.05) is 30.9 Å². The largest absolute Gasteiger partial charge is 0.384 e. The Kier molecular flexibility index (Phi) is 3.53. The van der Waals surface area contributed by atoms with Gasteiger partial charge in [-0.25, -0.2) is 0 Å². The highest BCUT2D eigenvalue weighted by Gasteiger charge is 2.50. The standard InChI is InChI=1S/C21H32N2/c1-15(9-16-5-6-19-17(10-16)7-8-22-19)23-14-21(4)12-18(23)11-20(2,3)13-21/h5-6,10,15,18,22H,7-9,11-14H2,1-4H3. The van der Waals surface area contributed by atoms with Crippen molar-refractivity contribution in [3.05, 3.63) is 29.3 Å². The molecule has 2 aliphatic heterocycles. The average molecular weight is 313 g/mol. The molecule has 1 saturated heterocycles. The van der Waals surface area contributed by atoms with E-state index >= 15 is 0 Å². The Balaban J connectivity index is 1.48. The number of nitrogens with zero attached hydrogens (tertiary/aromatic N) is 1. The second-order valence-corrected chi connectivity index (χ2v) is 9.61. The fraction of sp³-hybridized carbons (Fsp3) is 0.714. The van der Waals surface area contributed by atoms with E-state index in [1.54, 1.807) is 0 Å². The number of anilines is 1. The van der Waals surface area contributed by atoms with Crippen LogP contribution in [0.4, 0.5) is 5.69 Å². The van der Waals surface area contributed by atoms with Crippen LogP contribution in [-0.4, -0.2) is 30.1 Å². The SMILES string of the molecule is CC(Cc1ccc2c(c1)CCN2)N1CC2(C)CC1CC(C)(C)C2. The average Bonchev–Trinajstić information content (AvgIpc) is 2.99. The summed E-state index contributed by atoms with van der Waals surface area (Å²) in [5.41, 5.74) is 5.45. The zero-order valence-corrected chi connectivity index (χ0v) is 15.3. The maximum Gasteiger partial charge on any atom is 0.0373 e. The number of benzene rings is 1. The van der Waals surface area contributed by atoms with Gasteiger partial charge in [-0.05, 0) is 67.1 Å². The van der Waals surface area contributed by atoms with Gasteiger partial charge in [0.2, 0.25) is 0 Å². The smallest absolute Gasteiger partial charge is 0.0373 e. The Morgan fingerprint density at radius 2 is 2.09 bits per heavy atom. The lowest BCUT2D eigenvalue weighted by Gasteiger charge is -2.40. The Bertz CT molecular complexity index is 606. The van der Waals surface area contributed by atoms with E-state index in [9.17, 15) is 0 Å². The monoisotopic (exact) mass is 312 g/mol. The van der Waals surface area contributed by atoms with Crippen LogP contribution in [0, 0.1) is 10.8 Å². The molecule has 1 aromatic rings. The first kappa shape index (κ1) is 15.5. The first-order valence-electron chi connectivity index (χ1n) is 9.45. The normalized spacial score (nSPS) is 33.3. The molecular formula is C21H32N2. The first-order valence-corrected chi connectivity index (χ1v) is 9.45. The van der Waals surface area contributed by atoms with Crippen molar-refractivity contribution in [3.63, 3.8) is 0 Å². The van der Waals surface area contributed by atoms with E-state index in [-0.39, 0.29) is 0 Å². The van der Waals surface area contributed by atoms with Gasteiger partial charge < -0.3 is 5.32 Å². The van der Waals surface area contributed by atoms with Crippen molar-refractivity contribution in [2.75, 3.05) is 18.4 Å². The summed E-state index contributed by atoms with van der Waals surface area (Å²) in [6.45, 7) is 12.3. The summed E-state index contributed by atoms with van der Waals surface area (Å²) in [5, 5.41) is 3.47. The van der Waals surface area contributed by atoms with Crippen LogP contribution in [0.3, 0.4) is 0 Å². The third kappa shape index (κ3) is 2.91. The van der Waals surface area contributed by atoms with Crippen molar-refractivity contribution in [2.45, 2.75) is 71.9 Å². The highest BCUT2D eigenvalue weighted by atomic mass is 15.2. The summed E-state index contributed by atoms with van der Waals surface area (Å²) in [6, 6.07) is 8.52. The summed E-state index contributed by atoms with van der Waals surface area (Å²) >= 11 is 0. The molecule has 1 saturated carbocycles. The molecular weight excluding hydrogens is 280 g/mol. The van der Waals surface area contributed by atoms with Gasteiger partial charge in [-0.15, -0.1) is 0 Å². The van der Waals surface area contributed by atoms with Crippen LogP contribution in [0.2, 0.25) is 0 Å². The molecule has 1 aromatic carbocycles. The minimum absolute atomic E-state index is 0.519. The van der Waals surface area contributed by atoms with Crippen LogP contribution in [0.5, 0.6) is 0 Å². The van der Waals surface area contributed by atoms with E-state index in [1.807, 2.05) is 0 Å². The molecule has 23 heavy (non-hydrogen) atoms. The van der Waals surface area contributed by atoms with Gasteiger partial charge in [-0.2, -0.15) is 0 Å². The maximum atomic E-state index is 3.47. The van der Waals surface area contributed by atoms with Crippen LogP contribution in [-0.2, 0) is 12.8 Å². The lowest BCUT2D eigenvalue weighted by atomic mass is 9.65. The fourth-order valence-corrected chi connectivity index (χ4v) is 5.96. The molecule has 0 radical (unpaired) electrons. The molecule has 1 aliphatic carbocycles. The predicted octanol–water partition coefficient (Wildman–Crippen LogP) is 4.49. The molecule has 0 spiro atoms. The second-order valence-electron chi connectivity index (χ2n) is 9.61. The number of fused-ring (bicyclic) bond motifs is 3. The predicted molar refractivity (Wildman–Crippen MR) is 98.0 cm³/mol. The maximum absolute atomic E-state index is 3.47. The van der Waals surface area contributed by atoms with E-state index in [1.165, 1.54) is 55.5 Å². The van der Waals surface area contributed by atoms with Gasteiger partial charge >= 0.3 is 0 Å². The Morgan fingerprint density at radius 3 is 2.91 bits per heavy atom. The molecule has 3 atom stereocenters. The van der Waals surface area contributed by atoms with Gasteiger partial charge in [0.05, 0.1) is 0 Å². The Labute approximate surface area is 141 Å². The zero-order valence-electron chi connectivity index (χ0n) is 15.3. The van der Waals surface area contributed by atoms with Crippen molar-refractivity contribution in [1.82, 2.24) is 4.90 Å². The molecule has 0 amide bonds. The van der Waals surface area contributed by atoms with Gasteiger partial charge in [0.1, 0.15) is 0 Å². The third-order valence-electron chi connectivity index (χ3n) is 6.43. The second kappa shape index (κ2) is 5.24. The molecule has 2 bridgehead atoms. The molecule has 3 aliphatic rings. The molecule has 4 rings (SSSR count). The van der Waals surface area contributed by atoms with Crippen LogP contribution in [0.15, 0.2) is 18.2 Å². The van der Waals surface area contributed by atoms with E-state index < -0.39 is 0 Å². The number of hydrogen-bond donors (Lipinski definition) is 1. The van der Waals surface area contributed by atoms with Crippen LogP contribution in [0.25, 0.3) is 0 Å². The van der Waals surface area contributed by atoms with Gasteiger partial charge in [-0.3, -0.25) is 4.90 Å². The van der Waals surface area contributed by atoms with Crippen molar-refractivity contribution < 1.29 is 0 Å². The molecule has 2 nitrogen and oxygen atoms in total. The van der Waals surface area contributed by atoms with Crippen LogP contribution < -0.4 is 5.32 Å². The van der Waals surface area contributed by atoms with Gasteiger partial charge in [0.15, 0.2) is 0 Å². The van der Waals surface area contributed by atoms with E-state index in [0.717, 1.165) is 12.6 Å². The minimum Gasteiger partial charge on any atom is -0.384 e. The third-order valence-corrected chi connectivity index (χ3v) is 6.43. The quantitative estimate of drug-likeness (QED) is 0.885. The molecule has 1 N–H and O–H groups in total. The molecule has 2 fully saturated rings. The Morgan fingerprint density at radius 1 is 1.26 bits per heavy atom. The number of nitrogens with one attached hydrogen (secondary N) is 1. The topological polar surface area (TPSA) is 15.3 Å². The molecule has 126 valence electrons. The summed E-state index contributed by atoms with van der Waals surface area (Å²) in [7, 11) is 0. The molecule has 2 heterocycles. The summed E-state index contributed by atoms with van der Waals surface area (Å²) in [4.78, 5) is 2.83. The van der Waals surface area contributed by atoms with Crippen LogP contribution in [0.1, 0.15) is 58.1 Å². The van der Waals surface area contributed by atoms with Crippen molar-refractivity contribution >= 4 is 5.69 Å². The highest BCUT2D eigenvalue weighted by Crippen LogP contribution is 2.53. The summed E-state index contributed by atoms with van der Waals surface area (Å²) < 4.78 is 0. The minimum atomic E-state index is 0.519. The summed E-state index contributed by atoms with van der Waals surface area (Å²) in [5.74, 6) is 0. The molecule has 3 unspecified atom stereocenters. The fourth-order valence-electron chi connectivity index (χ4n) is 5.96. The van der Waals surface area contributed by atoms with Crippen molar-refractivity contribution in [2.24, 2.45) is 10.8 Å².